The van der Waals surface area contributed by atoms with Crippen LogP contribution in [0.1, 0.15) is 53.9 Å². The largest absolute Gasteiger partial charge is 0.444 e. The highest BCUT2D eigenvalue weighted by Crippen LogP contribution is 2.30. The van der Waals surface area contributed by atoms with Crippen LogP contribution in [-0.4, -0.2) is 17.7 Å². The molecule has 1 aliphatic carbocycles. The SMILES string of the molecule is CC1CC(C)CC(Nc2cccc(NC(=O)OC(C)(C)C)c2)C1. The number of benzene rings is 1. The van der Waals surface area contributed by atoms with E-state index in [1.165, 1.54) is 19.3 Å². The second-order valence-corrected chi connectivity index (χ2v) is 7.97. The average Bonchev–Trinajstić information content (AvgIpc) is 2.35. The molecule has 0 bridgehead atoms. The molecule has 1 aromatic carbocycles. The number of hydrogen-bond acceptors (Lipinski definition) is 3. The topological polar surface area (TPSA) is 50.4 Å². The van der Waals surface area contributed by atoms with Gasteiger partial charge in [0.1, 0.15) is 5.60 Å². The van der Waals surface area contributed by atoms with E-state index >= 15 is 0 Å². The standard InChI is InChI=1S/C19H30N2O2/c1-13-9-14(2)11-17(10-13)20-15-7-6-8-16(12-15)21-18(22)23-19(3,4)5/h6-8,12-14,17,20H,9-11H2,1-5H3,(H,21,22). The quantitative estimate of drug-likeness (QED) is 0.798. The summed E-state index contributed by atoms with van der Waals surface area (Å²) in [6.45, 7) is 10.2. The number of hydrogen-bond donors (Lipinski definition) is 2. The molecule has 2 N–H and O–H groups in total. The van der Waals surface area contributed by atoms with E-state index in [9.17, 15) is 4.79 Å². The van der Waals surface area contributed by atoms with Crippen LogP contribution in [0.25, 0.3) is 0 Å². The first kappa shape index (κ1) is 17.6. The lowest BCUT2D eigenvalue weighted by Gasteiger charge is -2.32. The third kappa shape index (κ3) is 6.12. The van der Waals surface area contributed by atoms with Crippen molar-refractivity contribution in [3.63, 3.8) is 0 Å². The van der Waals surface area contributed by atoms with Gasteiger partial charge in [-0.1, -0.05) is 19.9 Å². The van der Waals surface area contributed by atoms with Crippen LogP contribution in [0.4, 0.5) is 16.2 Å². The Labute approximate surface area is 140 Å². The van der Waals surface area contributed by atoms with Crippen LogP contribution in [0, 0.1) is 11.8 Å². The molecule has 4 nitrogen and oxygen atoms in total. The molecule has 0 spiro atoms. The van der Waals surface area contributed by atoms with Crippen molar-refractivity contribution >= 4 is 17.5 Å². The van der Waals surface area contributed by atoms with Crippen LogP contribution in [0.5, 0.6) is 0 Å². The summed E-state index contributed by atoms with van der Waals surface area (Å²) in [7, 11) is 0. The van der Waals surface area contributed by atoms with Crippen LogP contribution in [0.2, 0.25) is 0 Å². The third-order valence-corrected chi connectivity index (χ3v) is 4.06. The number of carbonyl (C=O) groups is 1. The first-order chi connectivity index (χ1) is 10.7. The smallest absolute Gasteiger partial charge is 0.412 e. The molecule has 0 aromatic heterocycles. The fraction of sp³-hybridized carbons (Fsp3) is 0.632. The second kappa shape index (κ2) is 7.24. The predicted molar refractivity (Wildman–Crippen MR) is 95.9 cm³/mol. The number of ether oxygens (including phenoxy) is 1. The number of rotatable bonds is 3. The maximum absolute atomic E-state index is 11.9. The number of carbonyl (C=O) groups excluding carboxylic acids is 1. The van der Waals surface area contributed by atoms with E-state index in [4.69, 9.17) is 4.74 Å². The fourth-order valence-electron chi connectivity index (χ4n) is 3.41. The minimum atomic E-state index is -0.492. The van der Waals surface area contributed by atoms with Gasteiger partial charge in [-0.25, -0.2) is 4.79 Å². The average molecular weight is 318 g/mol. The van der Waals surface area contributed by atoms with Crippen molar-refractivity contribution in [3.05, 3.63) is 24.3 Å². The summed E-state index contributed by atoms with van der Waals surface area (Å²) >= 11 is 0. The van der Waals surface area contributed by atoms with E-state index in [0.29, 0.717) is 6.04 Å². The first-order valence-electron chi connectivity index (χ1n) is 8.58. The Kier molecular flexibility index (Phi) is 5.55. The molecule has 1 saturated carbocycles. The maximum Gasteiger partial charge on any atom is 0.412 e. The van der Waals surface area contributed by atoms with Gasteiger partial charge in [0.2, 0.25) is 0 Å². The van der Waals surface area contributed by atoms with Gasteiger partial charge in [0.25, 0.3) is 0 Å². The monoisotopic (exact) mass is 318 g/mol. The molecule has 1 amide bonds. The summed E-state index contributed by atoms with van der Waals surface area (Å²) in [4.78, 5) is 11.9. The third-order valence-electron chi connectivity index (χ3n) is 4.06. The number of anilines is 2. The lowest BCUT2D eigenvalue weighted by Crippen LogP contribution is -2.30. The van der Waals surface area contributed by atoms with Crippen molar-refractivity contribution in [2.24, 2.45) is 11.8 Å². The molecule has 0 heterocycles. The predicted octanol–water partition coefficient (Wildman–Crippen LogP) is 5.27. The molecule has 0 radical (unpaired) electrons. The van der Waals surface area contributed by atoms with Gasteiger partial charge in [-0.3, -0.25) is 5.32 Å². The maximum atomic E-state index is 11.9. The minimum absolute atomic E-state index is 0.422. The van der Waals surface area contributed by atoms with E-state index in [1.54, 1.807) is 0 Å². The molecule has 0 saturated heterocycles. The summed E-state index contributed by atoms with van der Waals surface area (Å²) < 4.78 is 5.29. The number of amides is 1. The Hall–Kier alpha value is -1.71. The highest BCUT2D eigenvalue weighted by Gasteiger charge is 2.23. The molecule has 128 valence electrons. The van der Waals surface area contributed by atoms with Crippen molar-refractivity contribution < 1.29 is 9.53 Å². The lowest BCUT2D eigenvalue weighted by molar-refractivity contribution is 0.0636. The van der Waals surface area contributed by atoms with Gasteiger partial charge in [-0.2, -0.15) is 0 Å². The summed E-state index contributed by atoms with van der Waals surface area (Å²) in [6, 6.07) is 8.34. The molecule has 2 atom stereocenters. The molecule has 2 rings (SSSR count). The Bertz CT molecular complexity index is 526. The summed E-state index contributed by atoms with van der Waals surface area (Å²) in [5, 5.41) is 6.40. The summed E-state index contributed by atoms with van der Waals surface area (Å²) in [5.41, 5.74) is 1.31. The molecule has 1 aromatic rings. The van der Waals surface area contributed by atoms with E-state index in [2.05, 4.69) is 24.5 Å². The molecular formula is C19H30N2O2. The zero-order valence-corrected chi connectivity index (χ0v) is 15.0. The van der Waals surface area contributed by atoms with Gasteiger partial charge >= 0.3 is 6.09 Å². The van der Waals surface area contributed by atoms with Crippen LogP contribution >= 0.6 is 0 Å². The van der Waals surface area contributed by atoms with Crippen molar-refractivity contribution in [1.82, 2.24) is 0 Å². The van der Waals surface area contributed by atoms with Crippen molar-refractivity contribution in [2.45, 2.75) is 65.5 Å². The molecule has 1 aliphatic rings. The van der Waals surface area contributed by atoms with E-state index in [0.717, 1.165) is 23.2 Å². The van der Waals surface area contributed by atoms with Crippen LogP contribution in [-0.2, 0) is 4.74 Å². The van der Waals surface area contributed by atoms with E-state index < -0.39 is 11.7 Å². The Morgan fingerprint density at radius 1 is 1.09 bits per heavy atom. The lowest BCUT2D eigenvalue weighted by atomic mass is 9.80. The van der Waals surface area contributed by atoms with Gasteiger partial charge < -0.3 is 10.1 Å². The molecule has 2 unspecified atom stereocenters. The fourth-order valence-corrected chi connectivity index (χ4v) is 3.41. The molecular weight excluding hydrogens is 288 g/mol. The Balaban J connectivity index is 1.95. The molecule has 1 fully saturated rings. The van der Waals surface area contributed by atoms with E-state index in [1.807, 2.05) is 45.0 Å². The zero-order chi connectivity index (χ0) is 17.0. The van der Waals surface area contributed by atoms with Crippen LogP contribution < -0.4 is 10.6 Å². The number of nitrogens with one attached hydrogen (secondary N) is 2. The van der Waals surface area contributed by atoms with Gasteiger partial charge in [0, 0.05) is 17.4 Å². The van der Waals surface area contributed by atoms with Gasteiger partial charge in [0.05, 0.1) is 0 Å². The van der Waals surface area contributed by atoms with Gasteiger partial charge in [-0.15, -0.1) is 0 Å². The molecule has 0 aliphatic heterocycles. The van der Waals surface area contributed by atoms with Crippen LogP contribution in [0.3, 0.4) is 0 Å². The zero-order valence-electron chi connectivity index (χ0n) is 15.0. The Morgan fingerprint density at radius 3 is 2.30 bits per heavy atom. The van der Waals surface area contributed by atoms with Crippen molar-refractivity contribution in [3.8, 4) is 0 Å². The second-order valence-electron chi connectivity index (χ2n) is 7.97. The van der Waals surface area contributed by atoms with Crippen LogP contribution in [0.15, 0.2) is 24.3 Å². The first-order valence-corrected chi connectivity index (χ1v) is 8.58. The Morgan fingerprint density at radius 2 is 1.70 bits per heavy atom. The van der Waals surface area contributed by atoms with E-state index in [-0.39, 0.29) is 0 Å². The summed E-state index contributed by atoms with van der Waals surface area (Å²) in [6.07, 6.45) is 3.30. The molecule has 23 heavy (non-hydrogen) atoms. The highest BCUT2D eigenvalue weighted by molar-refractivity contribution is 5.85. The normalized spacial score (nSPS) is 24.8. The summed E-state index contributed by atoms with van der Waals surface area (Å²) in [5.74, 6) is 1.53. The molecule has 4 heteroatoms. The van der Waals surface area contributed by atoms with Gasteiger partial charge in [0.15, 0.2) is 0 Å². The van der Waals surface area contributed by atoms with Crippen molar-refractivity contribution in [1.29, 1.82) is 0 Å². The van der Waals surface area contributed by atoms with Crippen molar-refractivity contribution in [2.75, 3.05) is 10.6 Å². The highest BCUT2D eigenvalue weighted by atomic mass is 16.6. The minimum Gasteiger partial charge on any atom is -0.444 e. The van der Waals surface area contributed by atoms with Gasteiger partial charge in [-0.05, 0) is 70.1 Å².